The van der Waals surface area contributed by atoms with E-state index in [1.54, 1.807) is 17.2 Å². The van der Waals surface area contributed by atoms with Crippen LogP contribution in [0.3, 0.4) is 0 Å². The van der Waals surface area contributed by atoms with Gasteiger partial charge in [-0.2, -0.15) is 0 Å². The maximum absolute atomic E-state index is 12.2. The zero-order chi connectivity index (χ0) is 19.1. The van der Waals surface area contributed by atoms with Gasteiger partial charge in [0.1, 0.15) is 0 Å². The fraction of sp³-hybridized carbons (Fsp3) is 0.136. The summed E-state index contributed by atoms with van der Waals surface area (Å²) in [5, 5.41) is 12.5. The van der Waals surface area contributed by atoms with Gasteiger partial charge in [-0.25, -0.2) is 5.48 Å². The number of amides is 1. The average Bonchev–Trinajstić information content (AvgIpc) is 2.74. The van der Waals surface area contributed by atoms with Crippen LogP contribution in [-0.4, -0.2) is 17.4 Å². The van der Waals surface area contributed by atoms with Crippen LogP contribution in [0.4, 0.5) is 5.69 Å². The quantitative estimate of drug-likeness (QED) is 0.318. The third-order valence-electron chi connectivity index (χ3n) is 4.40. The molecule has 3 aromatic rings. The molecule has 0 radical (unpaired) electrons. The molecule has 3 aromatic carbocycles. The average molecular weight is 378 g/mol. The van der Waals surface area contributed by atoms with Crippen LogP contribution in [-0.2, 0) is 11.3 Å². The van der Waals surface area contributed by atoms with Gasteiger partial charge in [0.15, 0.2) is 0 Å². The Kier molecular flexibility index (Phi) is 6.52. The largest absolute Gasteiger partial charge is 0.381 e. The second-order valence-electron chi connectivity index (χ2n) is 6.14. The Morgan fingerprint density at radius 1 is 0.926 bits per heavy atom. The van der Waals surface area contributed by atoms with E-state index in [2.05, 4.69) is 35.8 Å². The second-order valence-corrected chi connectivity index (χ2v) is 7.02. The number of rotatable bonds is 7. The van der Waals surface area contributed by atoms with E-state index in [4.69, 9.17) is 5.21 Å². The summed E-state index contributed by atoms with van der Waals surface area (Å²) in [6.45, 7) is 0.729. The van der Waals surface area contributed by atoms with Crippen LogP contribution in [0.15, 0.2) is 83.8 Å². The molecule has 0 spiro atoms. The van der Waals surface area contributed by atoms with Crippen molar-refractivity contribution < 1.29 is 10.0 Å². The smallest absolute Gasteiger partial charge is 0.255 e. The molecule has 0 aliphatic carbocycles. The third kappa shape index (κ3) is 4.90. The highest BCUT2D eigenvalue weighted by Gasteiger charge is 2.22. The lowest BCUT2D eigenvalue weighted by Gasteiger charge is -2.16. The maximum Gasteiger partial charge on any atom is 0.255 e. The van der Waals surface area contributed by atoms with Crippen molar-refractivity contribution in [3.8, 4) is 0 Å². The summed E-state index contributed by atoms with van der Waals surface area (Å²) in [6.07, 6.45) is 2.06. The molecule has 3 rings (SSSR count). The molecular formula is C22H22N2O2S. The molecule has 3 N–H and O–H groups in total. The molecule has 0 bridgehead atoms. The van der Waals surface area contributed by atoms with E-state index >= 15 is 0 Å². The first kappa shape index (κ1) is 19.0. The molecule has 0 aliphatic rings. The molecule has 0 aromatic heterocycles. The van der Waals surface area contributed by atoms with Crippen LogP contribution >= 0.6 is 11.8 Å². The lowest BCUT2D eigenvalue weighted by Crippen LogP contribution is -2.27. The molecule has 1 atom stereocenters. The molecule has 0 aliphatic heterocycles. The monoisotopic (exact) mass is 378 g/mol. The minimum atomic E-state index is -0.552. The predicted molar refractivity (Wildman–Crippen MR) is 110 cm³/mol. The number of nitrogens with one attached hydrogen (secondary N) is 2. The molecule has 1 unspecified atom stereocenters. The van der Waals surface area contributed by atoms with E-state index in [0.29, 0.717) is 0 Å². The van der Waals surface area contributed by atoms with Crippen LogP contribution in [0.2, 0.25) is 0 Å². The van der Waals surface area contributed by atoms with Crippen molar-refractivity contribution in [2.75, 3.05) is 11.6 Å². The Morgan fingerprint density at radius 3 is 2.15 bits per heavy atom. The van der Waals surface area contributed by atoms with Gasteiger partial charge in [-0.3, -0.25) is 10.0 Å². The van der Waals surface area contributed by atoms with E-state index in [1.165, 1.54) is 10.5 Å². The standard InChI is InChI=1S/C22H22N2O2S/c1-27-20-13-7-16(8-14-20)15-23-19-11-9-18(10-12-19)21(22(25)24-26)17-5-3-2-4-6-17/h2-14,21,23,26H,15H2,1H3,(H,24,25). The maximum atomic E-state index is 12.2. The molecule has 0 saturated heterocycles. The first-order chi connectivity index (χ1) is 13.2. The Hall–Kier alpha value is -2.76. The molecule has 5 heteroatoms. The van der Waals surface area contributed by atoms with Crippen molar-refractivity contribution >= 4 is 23.4 Å². The van der Waals surface area contributed by atoms with Crippen molar-refractivity contribution in [2.45, 2.75) is 17.4 Å². The molecule has 4 nitrogen and oxygen atoms in total. The van der Waals surface area contributed by atoms with Crippen molar-refractivity contribution in [1.29, 1.82) is 0 Å². The lowest BCUT2D eigenvalue weighted by atomic mass is 9.90. The summed E-state index contributed by atoms with van der Waals surface area (Å²) in [5.74, 6) is -1.000. The van der Waals surface area contributed by atoms with Gasteiger partial charge < -0.3 is 5.32 Å². The first-order valence-corrected chi connectivity index (χ1v) is 9.89. The molecule has 1 amide bonds. The van der Waals surface area contributed by atoms with E-state index in [1.807, 2.05) is 54.6 Å². The van der Waals surface area contributed by atoms with Gasteiger partial charge in [-0.05, 0) is 47.2 Å². The van der Waals surface area contributed by atoms with E-state index in [0.717, 1.165) is 23.4 Å². The van der Waals surface area contributed by atoms with Gasteiger partial charge in [0.2, 0.25) is 0 Å². The number of hydrogen-bond donors (Lipinski definition) is 3. The highest BCUT2D eigenvalue weighted by Crippen LogP contribution is 2.26. The first-order valence-electron chi connectivity index (χ1n) is 8.67. The molecule has 27 heavy (non-hydrogen) atoms. The van der Waals surface area contributed by atoms with Gasteiger partial charge >= 0.3 is 0 Å². The molecule has 138 valence electrons. The van der Waals surface area contributed by atoms with Crippen LogP contribution in [0.5, 0.6) is 0 Å². The predicted octanol–water partition coefficient (Wildman–Crippen LogP) is 4.66. The van der Waals surface area contributed by atoms with Crippen LogP contribution in [0, 0.1) is 0 Å². The summed E-state index contributed by atoms with van der Waals surface area (Å²) in [6, 6.07) is 25.6. The summed E-state index contributed by atoms with van der Waals surface area (Å²) >= 11 is 1.73. The van der Waals surface area contributed by atoms with Crippen molar-refractivity contribution in [2.24, 2.45) is 0 Å². The van der Waals surface area contributed by atoms with Crippen LogP contribution in [0.1, 0.15) is 22.6 Å². The van der Waals surface area contributed by atoms with Crippen molar-refractivity contribution in [3.05, 3.63) is 95.6 Å². The normalized spacial score (nSPS) is 11.6. The van der Waals surface area contributed by atoms with Crippen LogP contribution in [0.25, 0.3) is 0 Å². The Morgan fingerprint density at radius 2 is 1.56 bits per heavy atom. The Bertz CT molecular complexity index is 865. The lowest BCUT2D eigenvalue weighted by molar-refractivity contribution is -0.129. The zero-order valence-corrected chi connectivity index (χ0v) is 15.9. The second kappa shape index (κ2) is 9.26. The van der Waals surface area contributed by atoms with Crippen molar-refractivity contribution in [3.63, 3.8) is 0 Å². The van der Waals surface area contributed by atoms with E-state index < -0.39 is 11.8 Å². The van der Waals surface area contributed by atoms with Gasteiger partial charge in [0, 0.05) is 17.1 Å². The molecule has 0 heterocycles. The van der Waals surface area contributed by atoms with Gasteiger partial charge in [0.05, 0.1) is 5.92 Å². The number of thioether (sulfide) groups is 1. The van der Waals surface area contributed by atoms with Crippen LogP contribution < -0.4 is 10.8 Å². The SMILES string of the molecule is CSc1ccc(CNc2ccc(C(C(=O)NO)c3ccccc3)cc2)cc1. The fourth-order valence-corrected chi connectivity index (χ4v) is 3.35. The summed E-state index contributed by atoms with van der Waals surface area (Å²) in [5.41, 5.74) is 5.61. The Labute approximate surface area is 163 Å². The number of carbonyl (C=O) groups excluding carboxylic acids is 1. The van der Waals surface area contributed by atoms with Gasteiger partial charge in [0.25, 0.3) is 5.91 Å². The molecule has 0 fully saturated rings. The number of hydrogen-bond acceptors (Lipinski definition) is 4. The molecular weight excluding hydrogens is 356 g/mol. The van der Waals surface area contributed by atoms with E-state index in [-0.39, 0.29) is 0 Å². The fourth-order valence-electron chi connectivity index (χ4n) is 2.95. The summed E-state index contributed by atoms with van der Waals surface area (Å²) in [4.78, 5) is 13.4. The Balaban J connectivity index is 1.71. The molecule has 0 saturated carbocycles. The number of anilines is 1. The number of carbonyl (C=O) groups is 1. The van der Waals surface area contributed by atoms with Gasteiger partial charge in [-0.15, -0.1) is 11.8 Å². The summed E-state index contributed by atoms with van der Waals surface area (Å²) < 4.78 is 0. The number of hydroxylamine groups is 1. The summed E-state index contributed by atoms with van der Waals surface area (Å²) in [7, 11) is 0. The highest BCUT2D eigenvalue weighted by molar-refractivity contribution is 7.98. The zero-order valence-electron chi connectivity index (χ0n) is 15.1. The third-order valence-corrected chi connectivity index (χ3v) is 5.15. The topological polar surface area (TPSA) is 61.4 Å². The number of benzene rings is 3. The van der Waals surface area contributed by atoms with E-state index in [9.17, 15) is 4.79 Å². The highest BCUT2D eigenvalue weighted by atomic mass is 32.2. The van der Waals surface area contributed by atoms with Crippen molar-refractivity contribution in [1.82, 2.24) is 5.48 Å². The minimum absolute atomic E-state index is 0.448. The minimum Gasteiger partial charge on any atom is -0.381 e. The van der Waals surface area contributed by atoms with Gasteiger partial charge in [-0.1, -0.05) is 54.6 Å².